The quantitative estimate of drug-likeness (QED) is 0.351. The van der Waals surface area contributed by atoms with Crippen molar-refractivity contribution in [3.05, 3.63) is 83.9 Å². The smallest absolute Gasteiger partial charge is 0.228 e. The molecule has 0 aliphatic heterocycles. The van der Waals surface area contributed by atoms with Gasteiger partial charge in [0.25, 0.3) is 0 Å². The van der Waals surface area contributed by atoms with Gasteiger partial charge in [-0.05, 0) is 53.3 Å². The molecule has 3 aromatic carbocycles. The van der Waals surface area contributed by atoms with Crippen molar-refractivity contribution in [1.82, 2.24) is 0 Å². The van der Waals surface area contributed by atoms with Crippen LogP contribution >= 0.6 is 0 Å². The molecule has 4 rings (SSSR count). The Balaban J connectivity index is 1.45. The highest BCUT2D eigenvalue weighted by atomic mass is 32.2. The normalized spacial score (nSPS) is 18.1. The highest BCUT2D eigenvalue weighted by molar-refractivity contribution is 7.90. The Morgan fingerprint density at radius 2 is 1.81 bits per heavy atom. The van der Waals surface area contributed by atoms with Gasteiger partial charge in [-0.2, -0.15) is 5.10 Å². The summed E-state index contributed by atoms with van der Waals surface area (Å²) in [7, 11) is -3.34. The molecule has 7 heteroatoms. The second kappa shape index (κ2) is 8.35. The molecule has 3 aromatic rings. The van der Waals surface area contributed by atoms with E-state index >= 15 is 0 Å². The average molecular weight is 434 g/mol. The highest BCUT2D eigenvalue weighted by Gasteiger charge is 2.43. The van der Waals surface area contributed by atoms with Gasteiger partial charge < -0.3 is 11.2 Å². The summed E-state index contributed by atoms with van der Waals surface area (Å²) in [6, 6.07) is 22.0. The third-order valence-corrected chi connectivity index (χ3v) is 6.59. The monoisotopic (exact) mass is 433 g/mol. The Labute approximate surface area is 181 Å². The van der Waals surface area contributed by atoms with E-state index in [2.05, 4.69) is 10.4 Å². The molecule has 0 unspecified atom stereocenters. The summed E-state index contributed by atoms with van der Waals surface area (Å²) in [6.07, 6.45) is 3.59. The third-order valence-electron chi connectivity index (χ3n) is 5.44. The molecule has 1 amide bonds. The molecule has 158 valence electrons. The van der Waals surface area contributed by atoms with Crippen LogP contribution in [0.5, 0.6) is 0 Å². The van der Waals surface area contributed by atoms with Crippen molar-refractivity contribution in [2.45, 2.75) is 17.2 Å². The van der Waals surface area contributed by atoms with Crippen molar-refractivity contribution in [2.24, 2.45) is 16.9 Å². The topological polar surface area (TPSA) is 102 Å². The summed E-state index contributed by atoms with van der Waals surface area (Å²) >= 11 is 0. The predicted molar refractivity (Wildman–Crippen MR) is 123 cm³/mol. The maximum absolute atomic E-state index is 12.7. The van der Waals surface area contributed by atoms with E-state index in [0.29, 0.717) is 11.3 Å². The van der Waals surface area contributed by atoms with Crippen molar-refractivity contribution in [2.75, 3.05) is 11.6 Å². The Bertz CT molecular complexity index is 1250. The van der Waals surface area contributed by atoms with Crippen molar-refractivity contribution in [3.63, 3.8) is 0 Å². The van der Waals surface area contributed by atoms with E-state index < -0.39 is 9.84 Å². The minimum absolute atomic E-state index is 0.0211. The Morgan fingerprint density at radius 3 is 2.52 bits per heavy atom. The number of hydrazone groups is 1. The predicted octanol–water partition coefficient (Wildman–Crippen LogP) is 3.79. The summed E-state index contributed by atoms with van der Waals surface area (Å²) < 4.78 is 24.1. The van der Waals surface area contributed by atoms with Gasteiger partial charge in [0.2, 0.25) is 5.91 Å². The highest BCUT2D eigenvalue weighted by Crippen LogP contribution is 2.48. The standard InChI is InChI=1S/C24H23N3O3S/c1-31(29,30)23-8-3-2-7-20(23)17-9-11-19(12-10-17)27-24(28)22-14-21(22)18-6-4-5-16(13-18)15-26-25/h2-13,15,21-22H,14,25H2,1H3,(H,27,28)/t21-,22-/m1/s1. The first-order valence-electron chi connectivity index (χ1n) is 9.90. The van der Waals surface area contributed by atoms with Crippen LogP contribution in [-0.4, -0.2) is 26.8 Å². The van der Waals surface area contributed by atoms with Crippen molar-refractivity contribution < 1.29 is 13.2 Å². The van der Waals surface area contributed by atoms with Crippen LogP contribution in [0.2, 0.25) is 0 Å². The van der Waals surface area contributed by atoms with Crippen LogP contribution in [0.15, 0.2) is 82.8 Å². The summed E-state index contributed by atoms with van der Waals surface area (Å²) in [5.74, 6) is 5.31. The number of nitrogens with two attached hydrogens (primary N) is 1. The maximum Gasteiger partial charge on any atom is 0.228 e. The molecule has 0 radical (unpaired) electrons. The lowest BCUT2D eigenvalue weighted by atomic mass is 10.0. The molecule has 1 aliphatic carbocycles. The zero-order valence-corrected chi connectivity index (χ0v) is 17.8. The maximum atomic E-state index is 12.7. The lowest BCUT2D eigenvalue weighted by Gasteiger charge is -2.10. The molecule has 3 N–H and O–H groups in total. The fourth-order valence-corrected chi connectivity index (χ4v) is 4.72. The number of anilines is 1. The van der Waals surface area contributed by atoms with E-state index in [4.69, 9.17) is 5.84 Å². The van der Waals surface area contributed by atoms with E-state index in [1.807, 2.05) is 36.4 Å². The van der Waals surface area contributed by atoms with Crippen LogP contribution in [0.25, 0.3) is 11.1 Å². The molecule has 0 bridgehead atoms. The molecule has 0 aromatic heterocycles. The van der Waals surface area contributed by atoms with Crippen LogP contribution in [0.1, 0.15) is 23.5 Å². The van der Waals surface area contributed by atoms with E-state index in [-0.39, 0.29) is 22.6 Å². The van der Waals surface area contributed by atoms with Gasteiger partial charge in [-0.1, -0.05) is 48.5 Å². The van der Waals surface area contributed by atoms with Crippen LogP contribution in [0.3, 0.4) is 0 Å². The molecular formula is C24H23N3O3S. The zero-order chi connectivity index (χ0) is 22.0. The number of carbonyl (C=O) groups is 1. The zero-order valence-electron chi connectivity index (χ0n) is 17.0. The first kappa shape index (κ1) is 20.8. The lowest BCUT2D eigenvalue weighted by Crippen LogP contribution is -2.14. The molecule has 0 spiro atoms. The molecular weight excluding hydrogens is 410 g/mol. The number of hydrogen-bond donors (Lipinski definition) is 2. The van der Waals surface area contributed by atoms with E-state index in [9.17, 15) is 13.2 Å². The van der Waals surface area contributed by atoms with Crippen LogP contribution in [-0.2, 0) is 14.6 Å². The van der Waals surface area contributed by atoms with Gasteiger partial charge in [0.15, 0.2) is 9.84 Å². The molecule has 6 nitrogen and oxygen atoms in total. The van der Waals surface area contributed by atoms with Crippen LogP contribution < -0.4 is 11.2 Å². The number of nitrogens with zero attached hydrogens (tertiary/aromatic N) is 1. The van der Waals surface area contributed by atoms with E-state index in [1.165, 1.54) is 6.26 Å². The van der Waals surface area contributed by atoms with E-state index in [1.54, 1.807) is 42.6 Å². The van der Waals surface area contributed by atoms with Crippen LogP contribution in [0, 0.1) is 5.92 Å². The molecule has 0 heterocycles. The average Bonchev–Trinajstić information content (AvgIpc) is 3.55. The molecule has 31 heavy (non-hydrogen) atoms. The third kappa shape index (κ3) is 4.67. The lowest BCUT2D eigenvalue weighted by molar-refractivity contribution is -0.117. The van der Waals surface area contributed by atoms with Crippen molar-refractivity contribution >= 4 is 27.6 Å². The second-order valence-corrected chi connectivity index (χ2v) is 9.72. The second-order valence-electron chi connectivity index (χ2n) is 7.73. The number of hydrogen-bond acceptors (Lipinski definition) is 5. The Hall–Kier alpha value is -3.45. The number of sulfone groups is 1. The van der Waals surface area contributed by atoms with Gasteiger partial charge in [0, 0.05) is 23.4 Å². The molecule has 0 saturated heterocycles. The van der Waals surface area contributed by atoms with Gasteiger partial charge in [-0.15, -0.1) is 0 Å². The number of nitrogens with one attached hydrogen (secondary N) is 1. The van der Waals surface area contributed by atoms with Gasteiger partial charge in [-0.25, -0.2) is 8.42 Å². The van der Waals surface area contributed by atoms with Gasteiger partial charge in [-0.3, -0.25) is 4.79 Å². The van der Waals surface area contributed by atoms with Crippen molar-refractivity contribution in [3.8, 4) is 11.1 Å². The Morgan fingerprint density at radius 1 is 1.06 bits per heavy atom. The van der Waals surface area contributed by atoms with E-state index in [0.717, 1.165) is 23.1 Å². The van der Waals surface area contributed by atoms with Crippen LogP contribution in [0.4, 0.5) is 5.69 Å². The fraction of sp³-hybridized carbons (Fsp3) is 0.167. The number of benzene rings is 3. The molecule has 1 aliphatic rings. The SMILES string of the molecule is CS(=O)(=O)c1ccccc1-c1ccc(NC(=O)[C@@H]2C[C@@H]2c2cccc(C=NN)c2)cc1. The summed E-state index contributed by atoms with van der Waals surface area (Å²) in [6.45, 7) is 0. The van der Waals surface area contributed by atoms with Gasteiger partial charge in [0.05, 0.1) is 11.1 Å². The summed E-state index contributed by atoms with van der Waals surface area (Å²) in [4.78, 5) is 13.0. The summed E-state index contributed by atoms with van der Waals surface area (Å²) in [5.41, 5.74) is 4.12. The number of rotatable bonds is 6. The Kier molecular flexibility index (Phi) is 5.61. The van der Waals surface area contributed by atoms with Crippen molar-refractivity contribution in [1.29, 1.82) is 0 Å². The number of carbonyl (C=O) groups excluding carboxylic acids is 1. The molecule has 2 atom stereocenters. The molecule has 1 fully saturated rings. The van der Waals surface area contributed by atoms with Gasteiger partial charge >= 0.3 is 0 Å². The molecule has 1 saturated carbocycles. The minimum atomic E-state index is -3.34. The minimum Gasteiger partial charge on any atom is -0.326 e. The first-order valence-corrected chi connectivity index (χ1v) is 11.8. The first-order chi connectivity index (χ1) is 14.9. The fourth-order valence-electron chi connectivity index (χ4n) is 3.81. The summed E-state index contributed by atoms with van der Waals surface area (Å²) in [5, 5.41) is 6.51. The number of amides is 1. The van der Waals surface area contributed by atoms with Gasteiger partial charge in [0.1, 0.15) is 0 Å². The largest absolute Gasteiger partial charge is 0.326 e.